The lowest BCUT2D eigenvalue weighted by Crippen LogP contribution is -1.96. The fraction of sp³-hybridized carbons (Fsp3) is 0.429. The number of allylic oxidation sites excluding steroid dienone is 4. The lowest BCUT2D eigenvalue weighted by Gasteiger charge is -2.03. The van der Waals surface area contributed by atoms with Crippen LogP contribution in [0.5, 0.6) is 0 Å². The predicted octanol–water partition coefficient (Wildman–Crippen LogP) is 2.23. The second kappa shape index (κ2) is 2.12. The van der Waals surface area contributed by atoms with Crippen LogP contribution in [0.25, 0.3) is 0 Å². The van der Waals surface area contributed by atoms with Crippen molar-refractivity contribution in [2.24, 2.45) is 0 Å². The summed E-state index contributed by atoms with van der Waals surface area (Å²) >= 11 is 0. The number of alkyl halides is 1. The SMILES string of the molecule is CC1=C[C@H](F)CC=C1. The van der Waals surface area contributed by atoms with Crippen LogP contribution in [0, 0.1) is 0 Å². The Morgan fingerprint density at radius 1 is 1.75 bits per heavy atom. The lowest BCUT2D eigenvalue weighted by atomic mass is 10.1. The molecule has 44 valence electrons. The minimum Gasteiger partial charge on any atom is -0.243 e. The van der Waals surface area contributed by atoms with Crippen LogP contribution in [0.2, 0.25) is 0 Å². The molecule has 0 saturated heterocycles. The molecule has 0 heterocycles. The maximum absolute atomic E-state index is 12.3. The Balaban J connectivity index is 2.63. The molecule has 0 unspecified atom stereocenters. The van der Waals surface area contributed by atoms with Crippen LogP contribution in [0.4, 0.5) is 4.39 Å². The molecule has 0 spiro atoms. The van der Waals surface area contributed by atoms with E-state index in [1.807, 2.05) is 19.1 Å². The van der Waals surface area contributed by atoms with E-state index >= 15 is 0 Å². The van der Waals surface area contributed by atoms with Crippen molar-refractivity contribution < 1.29 is 4.39 Å². The third-order valence-corrected chi connectivity index (χ3v) is 1.19. The highest BCUT2D eigenvalue weighted by atomic mass is 19.1. The van der Waals surface area contributed by atoms with E-state index in [0.29, 0.717) is 6.42 Å². The number of hydrogen-bond donors (Lipinski definition) is 0. The summed E-state index contributed by atoms with van der Waals surface area (Å²) in [7, 11) is 0. The van der Waals surface area contributed by atoms with Gasteiger partial charge in [-0.15, -0.1) is 0 Å². The quantitative estimate of drug-likeness (QED) is 0.450. The van der Waals surface area contributed by atoms with Gasteiger partial charge in [0.25, 0.3) is 0 Å². The van der Waals surface area contributed by atoms with E-state index in [0.717, 1.165) is 5.57 Å². The summed E-state index contributed by atoms with van der Waals surface area (Å²) in [6, 6.07) is 0. The van der Waals surface area contributed by atoms with E-state index in [4.69, 9.17) is 0 Å². The van der Waals surface area contributed by atoms with E-state index in [1.54, 1.807) is 6.08 Å². The van der Waals surface area contributed by atoms with Crippen molar-refractivity contribution in [2.45, 2.75) is 19.5 Å². The highest BCUT2D eigenvalue weighted by Gasteiger charge is 2.02. The Kier molecular flexibility index (Phi) is 1.47. The van der Waals surface area contributed by atoms with Crippen molar-refractivity contribution in [1.82, 2.24) is 0 Å². The van der Waals surface area contributed by atoms with Gasteiger partial charge >= 0.3 is 0 Å². The van der Waals surface area contributed by atoms with Crippen LogP contribution in [0.1, 0.15) is 13.3 Å². The smallest absolute Gasteiger partial charge is 0.122 e. The largest absolute Gasteiger partial charge is 0.243 e. The molecule has 1 rings (SSSR count). The molecule has 0 fully saturated rings. The highest BCUT2D eigenvalue weighted by Crippen LogP contribution is 2.11. The van der Waals surface area contributed by atoms with Crippen molar-refractivity contribution in [3.8, 4) is 0 Å². The van der Waals surface area contributed by atoms with Crippen LogP contribution in [-0.2, 0) is 0 Å². The molecule has 0 radical (unpaired) electrons. The van der Waals surface area contributed by atoms with E-state index < -0.39 is 6.17 Å². The van der Waals surface area contributed by atoms with Gasteiger partial charge in [0.2, 0.25) is 0 Å². The van der Waals surface area contributed by atoms with Crippen LogP contribution in [0.15, 0.2) is 23.8 Å². The number of rotatable bonds is 0. The number of hydrogen-bond acceptors (Lipinski definition) is 0. The van der Waals surface area contributed by atoms with Crippen molar-refractivity contribution in [1.29, 1.82) is 0 Å². The molecule has 1 aliphatic rings. The molecular weight excluding hydrogens is 103 g/mol. The molecule has 1 aliphatic carbocycles. The third-order valence-electron chi connectivity index (χ3n) is 1.19. The first-order chi connectivity index (χ1) is 3.79. The average molecular weight is 112 g/mol. The molecule has 0 saturated carbocycles. The van der Waals surface area contributed by atoms with Gasteiger partial charge in [0.15, 0.2) is 0 Å². The molecule has 0 N–H and O–H groups in total. The summed E-state index contributed by atoms with van der Waals surface area (Å²) in [5, 5.41) is 0. The summed E-state index contributed by atoms with van der Waals surface area (Å²) in [5.41, 5.74) is 1.03. The maximum atomic E-state index is 12.3. The molecule has 0 aromatic heterocycles. The van der Waals surface area contributed by atoms with Crippen LogP contribution >= 0.6 is 0 Å². The maximum Gasteiger partial charge on any atom is 0.122 e. The summed E-state index contributed by atoms with van der Waals surface area (Å²) in [4.78, 5) is 0. The van der Waals surface area contributed by atoms with Crippen LogP contribution in [-0.4, -0.2) is 6.17 Å². The summed E-state index contributed by atoms with van der Waals surface area (Å²) in [6.07, 6.45) is 5.26. The Hall–Kier alpha value is -0.590. The minimum absolute atomic E-state index is 0.553. The second-order valence-electron chi connectivity index (χ2n) is 2.06. The lowest BCUT2D eigenvalue weighted by molar-refractivity contribution is 0.400. The molecule has 0 aromatic carbocycles. The zero-order valence-electron chi connectivity index (χ0n) is 4.89. The Labute approximate surface area is 48.7 Å². The van der Waals surface area contributed by atoms with Gasteiger partial charge in [-0.3, -0.25) is 0 Å². The summed E-state index contributed by atoms with van der Waals surface area (Å²) in [6.45, 7) is 1.90. The molecular formula is C7H9F. The first-order valence-electron chi connectivity index (χ1n) is 2.78. The Morgan fingerprint density at radius 3 is 2.88 bits per heavy atom. The monoisotopic (exact) mass is 112 g/mol. The third kappa shape index (κ3) is 1.19. The van der Waals surface area contributed by atoms with Gasteiger partial charge in [-0.1, -0.05) is 17.7 Å². The Bertz CT molecular complexity index is 133. The first-order valence-corrected chi connectivity index (χ1v) is 2.78. The van der Waals surface area contributed by atoms with Gasteiger partial charge in [0, 0.05) is 6.42 Å². The molecule has 8 heavy (non-hydrogen) atoms. The molecule has 0 bridgehead atoms. The molecule has 0 aliphatic heterocycles. The normalized spacial score (nSPS) is 27.8. The summed E-state index contributed by atoms with van der Waals surface area (Å²) < 4.78 is 12.3. The molecule has 1 heteroatoms. The molecule has 0 aromatic rings. The average Bonchev–Trinajstić information content (AvgIpc) is 1.64. The summed E-state index contributed by atoms with van der Waals surface area (Å²) in [5.74, 6) is 0. The van der Waals surface area contributed by atoms with E-state index in [1.165, 1.54) is 0 Å². The fourth-order valence-electron chi connectivity index (χ4n) is 0.793. The predicted molar refractivity (Wildman–Crippen MR) is 32.4 cm³/mol. The van der Waals surface area contributed by atoms with Crippen LogP contribution in [0.3, 0.4) is 0 Å². The zero-order valence-corrected chi connectivity index (χ0v) is 4.89. The first kappa shape index (κ1) is 5.54. The molecule has 0 amide bonds. The van der Waals surface area contributed by atoms with E-state index in [-0.39, 0.29) is 0 Å². The molecule has 1 atom stereocenters. The highest BCUT2D eigenvalue weighted by molar-refractivity contribution is 5.21. The van der Waals surface area contributed by atoms with Gasteiger partial charge in [-0.25, -0.2) is 4.39 Å². The van der Waals surface area contributed by atoms with Crippen molar-refractivity contribution in [3.63, 3.8) is 0 Å². The van der Waals surface area contributed by atoms with Crippen molar-refractivity contribution in [2.75, 3.05) is 0 Å². The van der Waals surface area contributed by atoms with Crippen molar-refractivity contribution >= 4 is 0 Å². The van der Waals surface area contributed by atoms with Crippen LogP contribution < -0.4 is 0 Å². The van der Waals surface area contributed by atoms with Crippen molar-refractivity contribution in [3.05, 3.63) is 23.8 Å². The van der Waals surface area contributed by atoms with Gasteiger partial charge in [-0.2, -0.15) is 0 Å². The minimum atomic E-state index is -0.736. The fourth-order valence-corrected chi connectivity index (χ4v) is 0.793. The van der Waals surface area contributed by atoms with Gasteiger partial charge in [0.1, 0.15) is 6.17 Å². The molecule has 0 nitrogen and oxygen atoms in total. The second-order valence-corrected chi connectivity index (χ2v) is 2.06. The van der Waals surface area contributed by atoms with Gasteiger partial charge in [-0.05, 0) is 13.0 Å². The standard InChI is InChI=1S/C7H9F/c1-6-3-2-4-7(8)5-6/h2-3,5,7H,4H2,1H3/t7-/m1/s1. The van der Waals surface area contributed by atoms with Gasteiger partial charge in [0.05, 0.1) is 0 Å². The number of halogens is 1. The topological polar surface area (TPSA) is 0 Å². The Morgan fingerprint density at radius 2 is 2.50 bits per heavy atom. The van der Waals surface area contributed by atoms with E-state index in [9.17, 15) is 4.39 Å². The zero-order chi connectivity index (χ0) is 5.98. The van der Waals surface area contributed by atoms with E-state index in [2.05, 4.69) is 0 Å². The van der Waals surface area contributed by atoms with Gasteiger partial charge < -0.3 is 0 Å².